The van der Waals surface area contributed by atoms with Crippen LogP contribution in [0.25, 0.3) is 0 Å². The maximum atomic E-state index is 11.9. The van der Waals surface area contributed by atoms with Gasteiger partial charge < -0.3 is 4.90 Å². The molecule has 16 heavy (non-hydrogen) atoms. The Labute approximate surface area is 95.6 Å². The maximum Gasteiger partial charge on any atom is 0.247 e. The Morgan fingerprint density at radius 1 is 1.50 bits per heavy atom. The van der Waals surface area contributed by atoms with E-state index in [1.165, 1.54) is 5.57 Å². The molecule has 2 heterocycles. The molecule has 0 N–H and O–H groups in total. The second-order valence-corrected chi connectivity index (χ2v) is 4.64. The fourth-order valence-electron chi connectivity index (χ4n) is 2.89. The molecule has 3 rings (SSSR count). The lowest BCUT2D eigenvalue weighted by molar-refractivity contribution is -0.127. The van der Waals surface area contributed by atoms with Gasteiger partial charge in [-0.15, -0.1) is 6.58 Å². The third kappa shape index (κ3) is 1.10. The SMILES string of the molecule is C=C[C@@H]1C=C[C@@]23C=CCCN2C(=O)C=C3C1. The number of rotatable bonds is 1. The zero-order valence-electron chi connectivity index (χ0n) is 9.23. The molecule has 3 aliphatic rings. The van der Waals surface area contributed by atoms with E-state index in [9.17, 15) is 4.79 Å². The molecule has 0 radical (unpaired) electrons. The summed E-state index contributed by atoms with van der Waals surface area (Å²) in [4.78, 5) is 13.9. The molecular formula is C14H15NO. The van der Waals surface area contributed by atoms with Crippen molar-refractivity contribution in [2.45, 2.75) is 18.4 Å². The van der Waals surface area contributed by atoms with Crippen LogP contribution in [0.3, 0.4) is 0 Å². The third-order valence-electron chi connectivity index (χ3n) is 3.77. The minimum absolute atomic E-state index is 0.161. The Kier molecular flexibility index (Phi) is 1.93. The van der Waals surface area contributed by atoms with Gasteiger partial charge in [-0.2, -0.15) is 0 Å². The average Bonchev–Trinajstić information content (AvgIpc) is 2.61. The first-order valence-corrected chi connectivity index (χ1v) is 5.78. The number of carbonyl (C=O) groups is 1. The highest BCUT2D eigenvalue weighted by atomic mass is 16.2. The average molecular weight is 213 g/mol. The predicted molar refractivity (Wildman–Crippen MR) is 63.7 cm³/mol. The van der Waals surface area contributed by atoms with Gasteiger partial charge in [0.15, 0.2) is 0 Å². The fourth-order valence-corrected chi connectivity index (χ4v) is 2.89. The van der Waals surface area contributed by atoms with Crippen molar-refractivity contribution in [3.05, 3.63) is 48.6 Å². The molecule has 1 aliphatic carbocycles. The van der Waals surface area contributed by atoms with E-state index >= 15 is 0 Å². The molecule has 0 saturated heterocycles. The summed E-state index contributed by atoms with van der Waals surface area (Å²) in [5.74, 6) is 0.536. The summed E-state index contributed by atoms with van der Waals surface area (Å²) in [6.45, 7) is 4.66. The van der Waals surface area contributed by atoms with Crippen LogP contribution in [-0.2, 0) is 4.79 Å². The molecule has 2 atom stereocenters. The molecule has 0 aromatic rings. The summed E-state index contributed by atoms with van der Waals surface area (Å²) in [5, 5.41) is 0. The smallest absolute Gasteiger partial charge is 0.247 e. The molecule has 0 bridgehead atoms. The van der Waals surface area contributed by atoms with Gasteiger partial charge in [0.25, 0.3) is 0 Å². The molecule has 82 valence electrons. The van der Waals surface area contributed by atoms with Crippen molar-refractivity contribution < 1.29 is 4.79 Å². The monoisotopic (exact) mass is 213 g/mol. The van der Waals surface area contributed by atoms with Gasteiger partial charge in [0.2, 0.25) is 5.91 Å². The van der Waals surface area contributed by atoms with Gasteiger partial charge in [0.1, 0.15) is 5.54 Å². The summed E-state index contributed by atoms with van der Waals surface area (Å²) >= 11 is 0. The van der Waals surface area contributed by atoms with Crippen LogP contribution >= 0.6 is 0 Å². The Bertz CT molecular complexity index is 444. The van der Waals surface area contributed by atoms with Crippen LogP contribution < -0.4 is 0 Å². The van der Waals surface area contributed by atoms with Crippen LogP contribution in [-0.4, -0.2) is 22.9 Å². The minimum atomic E-state index is -0.227. The predicted octanol–water partition coefficient (Wildman–Crippen LogP) is 2.22. The number of hydrogen-bond acceptors (Lipinski definition) is 1. The lowest BCUT2D eigenvalue weighted by atomic mass is 9.77. The number of allylic oxidation sites excluding steroid dienone is 2. The normalized spacial score (nSPS) is 35.8. The summed E-state index contributed by atoms with van der Waals surface area (Å²) in [6, 6.07) is 0. The molecular weight excluding hydrogens is 198 g/mol. The Morgan fingerprint density at radius 2 is 2.38 bits per heavy atom. The van der Waals surface area contributed by atoms with Crippen LogP contribution in [0, 0.1) is 5.92 Å². The van der Waals surface area contributed by atoms with E-state index in [1.807, 2.05) is 17.1 Å². The summed E-state index contributed by atoms with van der Waals surface area (Å²) in [5.41, 5.74) is 0.996. The van der Waals surface area contributed by atoms with E-state index < -0.39 is 0 Å². The van der Waals surface area contributed by atoms with E-state index in [4.69, 9.17) is 0 Å². The first-order valence-electron chi connectivity index (χ1n) is 5.78. The quantitative estimate of drug-likeness (QED) is 0.612. The van der Waals surface area contributed by atoms with E-state index in [-0.39, 0.29) is 11.4 Å². The van der Waals surface area contributed by atoms with Crippen LogP contribution in [0.2, 0.25) is 0 Å². The van der Waals surface area contributed by atoms with Crippen molar-refractivity contribution in [3.63, 3.8) is 0 Å². The van der Waals surface area contributed by atoms with Crippen molar-refractivity contribution >= 4 is 5.91 Å². The lowest BCUT2D eigenvalue weighted by Crippen LogP contribution is -2.48. The lowest BCUT2D eigenvalue weighted by Gasteiger charge is -2.41. The van der Waals surface area contributed by atoms with Gasteiger partial charge in [-0.3, -0.25) is 4.79 Å². The van der Waals surface area contributed by atoms with Crippen molar-refractivity contribution in [1.82, 2.24) is 4.90 Å². The van der Waals surface area contributed by atoms with Crippen molar-refractivity contribution in [1.29, 1.82) is 0 Å². The molecule has 0 saturated carbocycles. The zero-order chi connectivity index (χ0) is 11.2. The molecule has 1 spiro atoms. The molecule has 0 aromatic carbocycles. The highest BCUT2D eigenvalue weighted by Crippen LogP contribution is 2.43. The van der Waals surface area contributed by atoms with E-state index in [1.54, 1.807) is 0 Å². The number of hydrogen-bond donors (Lipinski definition) is 0. The molecule has 0 unspecified atom stereocenters. The standard InChI is InChI=1S/C14H15NO/c1-2-11-5-7-14-6-3-4-8-15(14)13(16)10-12(14)9-11/h2-3,5-7,10-11H,1,4,8-9H2/t11-,14-/m1/s1. The summed E-state index contributed by atoms with van der Waals surface area (Å²) in [7, 11) is 0. The van der Waals surface area contributed by atoms with Crippen molar-refractivity contribution in [2.24, 2.45) is 5.92 Å². The van der Waals surface area contributed by atoms with Crippen molar-refractivity contribution in [3.8, 4) is 0 Å². The topological polar surface area (TPSA) is 20.3 Å². The van der Waals surface area contributed by atoms with Crippen LogP contribution in [0.5, 0.6) is 0 Å². The molecule has 2 nitrogen and oxygen atoms in total. The van der Waals surface area contributed by atoms with Crippen LogP contribution in [0.15, 0.2) is 48.6 Å². The first kappa shape index (κ1) is 9.64. The van der Waals surface area contributed by atoms with Crippen LogP contribution in [0.4, 0.5) is 0 Å². The Morgan fingerprint density at radius 3 is 3.19 bits per heavy atom. The van der Waals surface area contributed by atoms with Gasteiger partial charge in [-0.05, 0) is 24.3 Å². The van der Waals surface area contributed by atoms with Gasteiger partial charge in [0, 0.05) is 12.6 Å². The third-order valence-corrected chi connectivity index (χ3v) is 3.77. The van der Waals surface area contributed by atoms with Crippen molar-refractivity contribution in [2.75, 3.05) is 6.54 Å². The number of nitrogens with zero attached hydrogens (tertiary/aromatic N) is 1. The Balaban J connectivity index is 2.10. The van der Waals surface area contributed by atoms with Gasteiger partial charge in [0.05, 0.1) is 0 Å². The Hall–Kier alpha value is -1.57. The largest absolute Gasteiger partial charge is 0.322 e. The van der Waals surface area contributed by atoms with E-state index in [2.05, 4.69) is 30.9 Å². The van der Waals surface area contributed by atoms with Gasteiger partial charge >= 0.3 is 0 Å². The van der Waals surface area contributed by atoms with Gasteiger partial charge in [-0.1, -0.05) is 30.4 Å². The highest BCUT2D eigenvalue weighted by molar-refractivity contribution is 5.94. The highest BCUT2D eigenvalue weighted by Gasteiger charge is 2.46. The molecule has 1 amide bonds. The second kappa shape index (κ2) is 3.21. The summed E-state index contributed by atoms with van der Waals surface area (Å²) in [6.07, 6.45) is 14.3. The van der Waals surface area contributed by atoms with Gasteiger partial charge in [-0.25, -0.2) is 0 Å². The van der Waals surface area contributed by atoms with Crippen LogP contribution in [0.1, 0.15) is 12.8 Å². The zero-order valence-corrected chi connectivity index (χ0v) is 9.23. The van der Waals surface area contributed by atoms with E-state index in [0.717, 1.165) is 19.4 Å². The second-order valence-electron chi connectivity index (χ2n) is 4.64. The van der Waals surface area contributed by atoms with E-state index in [0.29, 0.717) is 5.92 Å². The molecule has 2 aliphatic heterocycles. The molecule has 0 aromatic heterocycles. The number of amides is 1. The fraction of sp³-hybridized carbons (Fsp3) is 0.357. The maximum absolute atomic E-state index is 11.9. The number of carbonyl (C=O) groups excluding carboxylic acids is 1. The summed E-state index contributed by atoms with van der Waals surface area (Å²) < 4.78 is 0. The minimum Gasteiger partial charge on any atom is -0.322 e. The first-order chi connectivity index (χ1) is 7.76. The molecule has 2 heteroatoms. The molecule has 0 fully saturated rings.